The first-order valence-corrected chi connectivity index (χ1v) is 18.2. The Morgan fingerprint density at radius 2 is 1.45 bits per heavy atom. The summed E-state index contributed by atoms with van der Waals surface area (Å²) in [4.78, 5) is 15.2. The van der Waals surface area contributed by atoms with E-state index in [4.69, 9.17) is 9.98 Å². The number of nitrogens with zero attached hydrogens (tertiary/aromatic N) is 5. The molecule has 7 nitrogen and oxygen atoms in total. The van der Waals surface area contributed by atoms with Crippen molar-refractivity contribution in [3.05, 3.63) is 58.1 Å². The molecule has 256 valence electrons. The van der Waals surface area contributed by atoms with Crippen molar-refractivity contribution in [2.24, 2.45) is 9.98 Å². The fourth-order valence-electron chi connectivity index (χ4n) is 7.49. The average molecular weight is 643 g/mol. The molecule has 0 amide bonds. The Morgan fingerprint density at radius 1 is 0.809 bits per heavy atom. The number of aryl methyl sites for hydroxylation is 1. The van der Waals surface area contributed by atoms with Crippen molar-refractivity contribution < 1.29 is 14.8 Å². The topological polar surface area (TPSA) is 74.7 Å². The summed E-state index contributed by atoms with van der Waals surface area (Å²) in [5.74, 6) is 2.10. The summed E-state index contributed by atoms with van der Waals surface area (Å²) in [7, 11) is 0. The number of hydrogen-bond acceptors (Lipinski definition) is 6. The Hall–Kier alpha value is -3.35. The summed E-state index contributed by atoms with van der Waals surface area (Å²) in [6, 6.07) is 10.4. The molecule has 0 radical (unpaired) electrons. The zero-order valence-electron chi connectivity index (χ0n) is 30.2. The maximum absolute atomic E-state index is 11.6. The Bertz CT molecular complexity index is 1470. The first-order valence-electron chi connectivity index (χ1n) is 18.2. The molecule has 2 aromatic rings. The van der Waals surface area contributed by atoms with E-state index in [0.717, 1.165) is 87.0 Å². The average Bonchev–Trinajstić information content (AvgIpc) is 3.03. The molecule has 2 N–H and O–H groups in total. The lowest BCUT2D eigenvalue weighted by Gasteiger charge is -2.36. The summed E-state index contributed by atoms with van der Waals surface area (Å²) in [5.41, 5.74) is 4.54. The number of benzene rings is 2. The minimum atomic E-state index is -0.145. The molecular weight excluding hydrogens is 582 g/mol. The van der Waals surface area contributed by atoms with E-state index in [1.807, 2.05) is 30.6 Å². The van der Waals surface area contributed by atoms with Crippen LogP contribution in [-0.2, 0) is 17.3 Å². The molecule has 7 heteroatoms. The molecule has 0 spiro atoms. The predicted molar refractivity (Wildman–Crippen MR) is 196 cm³/mol. The second-order valence-electron chi connectivity index (χ2n) is 16.0. The van der Waals surface area contributed by atoms with E-state index in [-0.39, 0.29) is 22.9 Å². The molecule has 0 aromatic heterocycles. The molecule has 2 aliphatic heterocycles. The van der Waals surface area contributed by atoms with E-state index >= 15 is 0 Å². The van der Waals surface area contributed by atoms with Crippen LogP contribution in [-0.4, -0.2) is 94.3 Å². The molecule has 2 heterocycles. The maximum Gasteiger partial charge on any atom is 0.350 e. The molecule has 0 saturated heterocycles. The van der Waals surface area contributed by atoms with Gasteiger partial charge in [0.1, 0.15) is 11.5 Å². The normalized spacial score (nSPS) is 21.3. The summed E-state index contributed by atoms with van der Waals surface area (Å²) < 4.78 is 2.58. The highest BCUT2D eigenvalue weighted by Crippen LogP contribution is 2.34. The van der Waals surface area contributed by atoms with Crippen LogP contribution in [0.4, 0.5) is 0 Å². The van der Waals surface area contributed by atoms with Gasteiger partial charge in [0, 0.05) is 36.4 Å². The molecular formula is C40H60N5O2+. The lowest BCUT2D eigenvalue weighted by Crippen LogP contribution is -2.56. The number of hydrogen-bond donors (Lipinski definition) is 2. The monoisotopic (exact) mass is 642 g/mol. The summed E-state index contributed by atoms with van der Waals surface area (Å²) in [6.07, 6.45) is 12.2. The molecule has 2 aromatic carbocycles. The Kier molecular flexibility index (Phi) is 11.0. The lowest BCUT2D eigenvalue weighted by molar-refractivity contribution is -0.549. The quantitative estimate of drug-likeness (QED) is 0.223. The largest absolute Gasteiger partial charge is 0.507 e. The van der Waals surface area contributed by atoms with Gasteiger partial charge in [-0.3, -0.25) is 24.4 Å². The van der Waals surface area contributed by atoms with Gasteiger partial charge in [-0.2, -0.15) is 0 Å². The predicted octanol–water partition coefficient (Wildman–Crippen LogP) is 7.27. The first-order chi connectivity index (χ1) is 22.4. The van der Waals surface area contributed by atoms with E-state index in [1.54, 1.807) is 0 Å². The van der Waals surface area contributed by atoms with E-state index in [0.29, 0.717) is 11.5 Å². The maximum atomic E-state index is 11.6. The molecule has 5 rings (SSSR count). The number of aromatic hydroxyl groups is 2. The minimum Gasteiger partial charge on any atom is -0.507 e. The van der Waals surface area contributed by atoms with Crippen LogP contribution in [0.3, 0.4) is 0 Å². The number of phenols is 2. The van der Waals surface area contributed by atoms with Crippen molar-refractivity contribution in [3.63, 3.8) is 0 Å². The van der Waals surface area contributed by atoms with Gasteiger partial charge < -0.3 is 10.2 Å². The Balaban J connectivity index is 1.33. The fourth-order valence-corrected chi connectivity index (χ4v) is 7.49. The third-order valence-electron chi connectivity index (χ3n) is 10.3. The number of para-hydroxylation sites is 1. The number of aliphatic imine (C=N–C) groups is 2. The van der Waals surface area contributed by atoms with Gasteiger partial charge in [0.25, 0.3) is 0 Å². The first kappa shape index (κ1) is 35.0. The van der Waals surface area contributed by atoms with Crippen LogP contribution in [0.1, 0.15) is 121 Å². The Morgan fingerprint density at radius 3 is 2.06 bits per heavy atom. The fraction of sp³-hybridized carbons (Fsp3) is 0.625. The minimum absolute atomic E-state index is 0.0424. The second-order valence-corrected chi connectivity index (χ2v) is 16.0. The second kappa shape index (κ2) is 14.8. The van der Waals surface area contributed by atoms with Gasteiger partial charge in [-0.15, -0.1) is 0 Å². The van der Waals surface area contributed by atoms with Crippen LogP contribution in [0.5, 0.6) is 11.5 Å². The van der Waals surface area contributed by atoms with E-state index in [1.165, 1.54) is 37.5 Å². The van der Waals surface area contributed by atoms with E-state index < -0.39 is 0 Å². The van der Waals surface area contributed by atoms with Gasteiger partial charge in [-0.25, -0.2) is 0 Å². The lowest BCUT2D eigenvalue weighted by atomic mass is 9.84. The van der Waals surface area contributed by atoms with Crippen molar-refractivity contribution in [3.8, 4) is 11.5 Å². The van der Waals surface area contributed by atoms with E-state index in [2.05, 4.69) is 75.0 Å². The van der Waals surface area contributed by atoms with Gasteiger partial charge >= 0.3 is 5.96 Å². The number of guanidine groups is 1. The molecule has 0 bridgehead atoms. The van der Waals surface area contributed by atoms with Crippen molar-refractivity contribution in [2.75, 3.05) is 39.3 Å². The van der Waals surface area contributed by atoms with Crippen molar-refractivity contribution in [1.29, 1.82) is 0 Å². The summed E-state index contributed by atoms with van der Waals surface area (Å²) in [6.45, 7) is 22.0. The van der Waals surface area contributed by atoms with E-state index in [9.17, 15) is 10.2 Å². The number of phenolic OH excluding ortho intramolecular Hbond substituents is 2. The van der Waals surface area contributed by atoms with Gasteiger partial charge in [0.2, 0.25) is 0 Å². The highest BCUT2D eigenvalue weighted by atomic mass is 16.3. The molecule has 2 unspecified atom stereocenters. The zero-order chi connectivity index (χ0) is 33.8. The SMILES string of the molecule is CCN1CCC[N+]2=C1N(CCCc1cc(C(C)(C)C)cc(C=NC3CCCCC3N=Cc3cccc(C(C)(C)C)c3O)c1O)CCC2. The van der Waals surface area contributed by atoms with Crippen molar-refractivity contribution in [2.45, 2.75) is 123 Å². The highest BCUT2D eigenvalue weighted by molar-refractivity contribution is 5.86. The van der Waals surface area contributed by atoms with Gasteiger partial charge in [-0.05, 0) is 72.3 Å². The van der Waals surface area contributed by atoms with Gasteiger partial charge in [0.15, 0.2) is 0 Å². The van der Waals surface area contributed by atoms with Crippen LogP contribution in [0.2, 0.25) is 0 Å². The Labute approximate surface area is 284 Å². The molecule has 1 fully saturated rings. The van der Waals surface area contributed by atoms with Gasteiger partial charge in [0.05, 0.1) is 51.4 Å². The molecule has 1 saturated carbocycles. The molecule has 3 aliphatic rings. The number of rotatable bonds is 9. The van der Waals surface area contributed by atoms with Crippen LogP contribution in [0.15, 0.2) is 40.3 Å². The molecule has 2 atom stereocenters. The highest BCUT2D eigenvalue weighted by Gasteiger charge is 2.34. The molecule has 47 heavy (non-hydrogen) atoms. The summed E-state index contributed by atoms with van der Waals surface area (Å²) >= 11 is 0. The van der Waals surface area contributed by atoms with Gasteiger partial charge in [-0.1, -0.05) is 72.6 Å². The zero-order valence-corrected chi connectivity index (χ0v) is 30.2. The van der Waals surface area contributed by atoms with Crippen molar-refractivity contribution >= 4 is 18.4 Å². The van der Waals surface area contributed by atoms with Crippen LogP contribution < -0.4 is 0 Å². The molecule has 1 aliphatic carbocycles. The third-order valence-corrected chi connectivity index (χ3v) is 10.3. The van der Waals surface area contributed by atoms with Crippen LogP contribution in [0.25, 0.3) is 0 Å². The summed E-state index contributed by atoms with van der Waals surface area (Å²) in [5, 5.41) is 22.5. The van der Waals surface area contributed by atoms with Crippen molar-refractivity contribution in [1.82, 2.24) is 9.80 Å². The smallest absolute Gasteiger partial charge is 0.350 e. The standard InChI is InChI=1S/C40H59N5O2/c1-8-43-21-13-22-45-24-14-23-44(38(43)45)20-12-16-29-25-32(39(2,3)4)26-31(36(29)46)28-42-35-19-10-9-18-34(35)41-27-30-15-11-17-33(37(30)47)40(5,6)7/h11,15,17,25-28,34-35H,8-10,12-14,16,18-24H2,1-7H3,(H-,41,42,46,47)/p+1. The third kappa shape index (κ3) is 8.39. The van der Waals surface area contributed by atoms with Crippen LogP contribution in [0, 0.1) is 0 Å². The van der Waals surface area contributed by atoms with Crippen LogP contribution >= 0.6 is 0 Å².